The van der Waals surface area contributed by atoms with Crippen LogP contribution < -0.4 is 14.8 Å². The van der Waals surface area contributed by atoms with Gasteiger partial charge in [0.15, 0.2) is 11.5 Å². The van der Waals surface area contributed by atoms with Gasteiger partial charge in [0.05, 0.1) is 19.8 Å². The molecule has 202 valence electrons. The maximum Gasteiger partial charge on any atom is 0.430 e. The molecule has 0 bridgehead atoms. The van der Waals surface area contributed by atoms with Gasteiger partial charge in [-0.15, -0.1) is 0 Å². The van der Waals surface area contributed by atoms with E-state index in [1.54, 1.807) is 13.8 Å². The van der Waals surface area contributed by atoms with Crippen LogP contribution in [0, 0.1) is 5.92 Å². The smallest absolute Gasteiger partial charge is 0.430 e. The fourth-order valence-electron chi connectivity index (χ4n) is 5.53. The monoisotopic (exact) mass is 537 g/mol. The van der Waals surface area contributed by atoms with Crippen molar-refractivity contribution >= 4 is 5.69 Å². The molecule has 0 fully saturated rings. The lowest BCUT2D eigenvalue weighted by Gasteiger charge is -2.49. The zero-order valence-corrected chi connectivity index (χ0v) is 20.7. The van der Waals surface area contributed by atoms with Gasteiger partial charge in [-0.1, -0.05) is 50.2 Å². The summed E-state index contributed by atoms with van der Waals surface area (Å²) in [5.41, 5.74) is -4.03. The Morgan fingerprint density at radius 3 is 2.18 bits per heavy atom. The summed E-state index contributed by atoms with van der Waals surface area (Å²) in [6.07, 6.45) is -11.9. The molecule has 0 aliphatic carbocycles. The fraction of sp³-hybridized carbons (Fsp3) is 0.357. The van der Waals surface area contributed by atoms with Crippen molar-refractivity contribution in [1.29, 1.82) is 0 Å². The van der Waals surface area contributed by atoms with Gasteiger partial charge >= 0.3 is 12.4 Å². The molecule has 0 saturated heterocycles. The molecule has 5 rings (SSSR count). The van der Waals surface area contributed by atoms with Gasteiger partial charge in [-0.05, 0) is 41.0 Å². The third-order valence-corrected chi connectivity index (χ3v) is 7.75. The number of fused-ring (bicyclic) bond motifs is 4. The second kappa shape index (κ2) is 8.56. The zero-order chi connectivity index (χ0) is 27.7. The SMILES string of the molecule is COc1cc(-c2ccccc2)cc2c1OC[C@H]1[C@@H]2Nc2ccc(C(O)(C(F)(F)F)C(F)(F)F)cc2C1(C)C. The number of hydrogen-bond donors (Lipinski definition) is 2. The third kappa shape index (κ3) is 3.80. The van der Waals surface area contributed by atoms with Gasteiger partial charge < -0.3 is 19.9 Å². The Hall–Kier alpha value is -3.40. The highest BCUT2D eigenvalue weighted by molar-refractivity contribution is 5.72. The lowest BCUT2D eigenvalue weighted by molar-refractivity contribution is -0.376. The minimum absolute atomic E-state index is 0.144. The van der Waals surface area contributed by atoms with Gasteiger partial charge in [-0.25, -0.2) is 0 Å². The van der Waals surface area contributed by atoms with E-state index in [9.17, 15) is 31.4 Å². The Balaban J connectivity index is 1.64. The molecule has 3 aromatic rings. The first-order valence-electron chi connectivity index (χ1n) is 11.9. The van der Waals surface area contributed by atoms with E-state index in [-0.39, 0.29) is 24.1 Å². The summed E-state index contributed by atoms with van der Waals surface area (Å²) < 4.78 is 93.1. The number of methoxy groups -OCH3 is 1. The maximum atomic E-state index is 13.6. The summed E-state index contributed by atoms with van der Waals surface area (Å²) in [7, 11) is 1.53. The summed E-state index contributed by atoms with van der Waals surface area (Å²) >= 11 is 0. The minimum atomic E-state index is -5.97. The predicted octanol–water partition coefficient (Wildman–Crippen LogP) is 7.13. The molecular weight excluding hydrogens is 512 g/mol. The standard InChI is InChI=1S/C28H25F6NO3/c1-25(2)19-13-17(26(36,27(29,30)31)28(32,33)34)9-10-21(19)35-23-18-11-16(15-7-5-4-6-8-15)12-22(37-3)24(18)38-14-20(23)25/h4-13,20,23,35-36H,14H2,1-3H3/t20-,23+/m0/s1. The molecule has 2 N–H and O–H groups in total. The van der Waals surface area contributed by atoms with E-state index >= 15 is 0 Å². The van der Waals surface area contributed by atoms with Gasteiger partial charge in [0.2, 0.25) is 0 Å². The number of benzene rings is 3. The van der Waals surface area contributed by atoms with Crippen molar-refractivity contribution < 1.29 is 40.9 Å². The van der Waals surface area contributed by atoms with E-state index in [2.05, 4.69) is 5.32 Å². The molecule has 10 heteroatoms. The van der Waals surface area contributed by atoms with E-state index in [4.69, 9.17) is 9.47 Å². The summed E-state index contributed by atoms with van der Waals surface area (Å²) in [6.45, 7) is 3.65. The Kier molecular flexibility index (Phi) is 5.90. The Morgan fingerprint density at radius 1 is 0.921 bits per heavy atom. The topological polar surface area (TPSA) is 50.7 Å². The molecule has 38 heavy (non-hydrogen) atoms. The van der Waals surface area contributed by atoms with Crippen LogP contribution >= 0.6 is 0 Å². The Bertz CT molecular complexity index is 1350. The molecule has 0 saturated carbocycles. The van der Waals surface area contributed by atoms with Gasteiger partial charge in [0.25, 0.3) is 5.60 Å². The van der Waals surface area contributed by atoms with Crippen molar-refractivity contribution in [2.45, 2.75) is 43.3 Å². The molecule has 0 amide bonds. The molecular formula is C28H25F6NO3. The molecule has 2 aliphatic rings. The van der Waals surface area contributed by atoms with E-state index in [0.29, 0.717) is 23.3 Å². The lowest BCUT2D eigenvalue weighted by atomic mass is 9.64. The highest BCUT2D eigenvalue weighted by atomic mass is 19.4. The third-order valence-electron chi connectivity index (χ3n) is 7.75. The molecule has 2 aliphatic heterocycles. The van der Waals surface area contributed by atoms with Crippen molar-refractivity contribution in [3.8, 4) is 22.6 Å². The zero-order valence-electron chi connectivity index (χ0n) is 20.7. The number of rotatable bonds is 3. The van der Waals surface area contributed by atoms with Crippen LogP contribution in [0.5, 0.6) is 11.5 Å². The second-order valence-electron chi connectivity index (χ2n) is 10.2. The highest BCUT2D eigenvalue weighted by Crippen LogP contribution is 2.56. The van der Waals surface area contributed by atoms with Crippen LogP contribution in [0.4, 0.5) is 32.0 Å². The van der Waals surface area contributed by atoms with Gasteiger partial charge in [-0.3, -0.25) is 0 Å². The largest absolute Gasteiger partial charge is 0.493 e. The van der Waals surface area contributed by atoms with Crippen molar-refractivity contribution in [2.75, 3.05) is 19.0 Å². The summed E-state index contributed by atoms with van der Waals surface area (Å²) in [6, 6.07) is 15.7. The second-order valence-corrected chi connectivity index (χ2v) is 10.2. The van der Waals surface area contributed by atoms with Crippen molar-refractivity contribution in [2.24, 2.45) is 5.92 Å². The van der Waals surface area contributed by atoms with Crippen molar-refractivity contribution in [3.05, 3.63) is 77.4 Å². The summed E-state index contributed by atoms with van der Waals surface area (Å²) in [5, 5.41) is 13.3. The van der Waals surface area contributed by atoms with Gasteiger partial charge in [-0.2, -0.15) is 26.3 Å². The first-order valence-corrected chi connectivity index (χ1v) is 11.9. The molecule has 0 aromatic heterocycles. The van der Waals surface area contributed by atoms with E-state index < -0.39 is 28.9 Å². The number of anilines is 1. The molecule has 0 radical (unpaired) electrons. The van der Waals surface area contributed by atoms with E-state index in [0.717, 1.165) is 22.8 Å². The minimum Gasteiger partial charge on any atom is -0.493 e. The molecule has 0 unspecified atom stereocenters. The van der Waals surface area contributed by atoms with Crippen molar-refractivity contribution in [1.82, 2.24) is 0 Å². The Labute approximate surface area is 215 Å². The molecule has 2 heterocycles. The quantitative estimate of drug-likeness (QED) is 0.349. The van der Waals surface area contributed by atoms with Crippen LogP contribution in [0.15, 0.2) is 60.7 Å². The number of ether oxygens (including phenoxy) is 2. The van der Waals surface area contributed by atoms with E-state index in [1.807, 2.05) is 42.5 Å². The summed E-state index contributed by atoms with van der Waals surface area (Å²) in [4.78, 5) is 0. The first-order chi connectivity index (χ1) is 17.7. The molecule has 3 aromatic carbocycles. The van der Waals surface area contributed by atoms with Crippen LogP contribution in [-0.2, 0) is 11.0 Å². The molecule has 2 atom stereocenters. The van der Waals surface area contributed by atoms with Crippen LogP contribution in [0.25, 0.3) is 11.1 Å². The number of aliphatic hydroxyl groups is 1. The van der Waals surface area contributed by atoms with Gasteiger partial charge in [0.1, 0.15) is 0 Å². The van der Waals surface area contributed by atoms with Gasteiger partial charge in [0, 0.05) is 28.1 Å². The van der Waals surface area contributed by atoms with Crippen LogP contribution in [-0.4, -0.2) is 31.2 Å². The highest BCUT2D eigenvalue weighted by Gasteiger charge is 2.71. The average Bonchev–Trinajstić information content (AvgIpc) is 2.86. The van der Waals surface area contributed by atoms with Crippen LogP contribution in [0.2, 0.25) is 0 Å². The molecule has 4 nitrogen and oxygen atoms in total. The van der Waals surface area contributed by atoms with E-state index in [1.165, 1.54) is 13.2 Å². The van der Waals surface area contributed by atoms with Crippen molar-refractivity contribution in [3.63, 3.8) is 0 Å². The predicted molar refractivity (Wildman–Crippen MR) is 129 cm³/mol. The van der Waals surface area contributed by atoms with Crippen LogP contribution in [0.1, 0.15) is 36.6 Å². The Morgan fingerprint density at radius 2 is 1.58 bits per heavy atom. The lowest BCUT2D eigenvalue weighted by Crippen LogP contribution is -2.54. The average molecular weight is 538 g/mol. The number of nitrogens with one attached hydrogen (secondary N) is 1. The normalized spacial score (nSPS) is 20.4. The van der Waals surface area contributed by atoms with Crippen LogP contribution in [0.3, 0.4) is 0 Å². The first kappa shape index (κ1) is 26.2. The number of hydrogen-bond acceptors (Lipinski definition) is 4. The summed E-state index contributed by atoms with van der Waals surface area (Å²) in [5.74, 6) is 0.680. The number of halogens is 6. The fourth-order valence-corrected chi connectivity index (χ4v) is 5.53. The molecule has 0 spiro atoms. The number of alkyl halides is 6. The maximum absolute atomic E-state index is 13.6.